The lowest BCUT2D eigenvalue weighted by molar-refractivity contribution is -0.385. The van der Waals surface area contributed by atoms with Gasteiger partial charge in [-0.1, -0.05) is 30.4 Å². The van der Waals surface area contributed by atoms with Gasteiger partial charge in [-0.2, -0.15) is 0 Å². The van der Waals surface area contributed by atoms with E-state index in [1.807, 2.05) is 6.92 Å². The number of hydrogen-bond acceptors (Lipinski definition) is 3. The molecule has 3 N–H and O–H groups in total. The number of nitrogens with one attached hydrogen (secondary N) is 1. The van der Waals surface area contributed by atoms with E-state index in [1.165, 1.54) is 6.07 Å². The zero-order valence-corrected chi connectivity index (χ0v) is 10.2. The molecule has 96 valence electrons. The Labute approximate surface area is 105 Å². The van der Waals surface area contributed by atoms with Crippen molar-refractivity contribution in [2.75, 3.05) is 6.54 Å². The Morgan fingerprint density at radius 3 is 2.83 bits per heavy atom. The van der Waals surface area contributed by atoms with Gasteiger partial charge in [0.25, 0.3) is 5.69 Å². The topological polar surface area (TPSA) is 93.5 Å². The third kappa shape index (κ3) is 4.25. The minimum absolute atomic E-state index is 0.0500. The van der Waals surface area contributed by atoms with Gasteiger partial charge >= 0.3 is 0 Å². The lowest BCUT2D eigenvalue weighted by atomic mass is 10.2. The van der Waals surface area contributed by atoms with E-state index in [1.54, 1.807) is 18.2 Å². The number of aliphatic imine (C=N–C) groups is 1. The second-order valence-corrected chi connectivity index (χ2v) is 3.90. The minimum Gasteiger partial charge on any atom is -0.370 e. The van der Waals surface area contributed by atoms with Crippen LogP contribution in [0.4, 0.5) is 5.69 Å². The molecule has 0 amide bonds. The number of rotatable bonds is 5. The Balaban J connectivity index is 2.70. The number of benzene rings is 1. The van der Waals surface area contributed by atoms with Gasteiger partial charge in [0, 0.05) is 12.6 Å². The molecule has 0 aliphatic rings. The van der Waals surface area contributed by atoms with Crippen LogP contribution in [0, 0.1) is 10.1 Å². The summed E-state index contributed by atoms with van der Waals surface area (Å²) in [5.74, 6) is 0.246. The zero-order chi connectivity index (χ0) is 13.5. The van der Waals surface area contributed by atoms with Crippen LogP contribution in [0.2, 0.25) is 0 Å². The number of hydrogen-bond donors (Lipinski definition) is 2. The summed E-state index contributed by atoms with van der Waals surface area (Å²) in [4.78, 5) is 14.4. The Hall–Kier alpha value is -2.37. The Kier molecular flexibility index (Phi) is 4.86. The number of nitro benzene ring substituents is 1. The van der Waals surface area contributed by atoms with E-state index < -0.39 is 4.92 Å². The quantitative estimate of drug-likeness (QED) is 0.272. The van der Waals surface area contributed by atoms with E-state index in [0.717, 1.165) is 5.57 Å². The monoisotopic (exact) mass is 248 g/mol. The first-order valence-electron chi connectivity index (χ1n) is 5.41. The van der Waals surface area contributed by atoms with Gasteiger partial charge < -0.3 is 11.1 Å². The molecule has 0 unspecified atom stereocenters. The zero-order valence-electron chi connectivity index (χ0n) is 10.2. The van der Waals surface area contributed by atoms with Crippen LogP contribution in [0.5, 0.6) is 0 Å². The van der Waals surface area contributed by atoms with Crippen molar-refractivity contribution in [3.05, 3.63) is 52.1 Å². The van der Waals surface area contributed by atoms with Gasteiger partial charge in [0.1, 0.15) is 0 Å². The molecular formula is C12H16N4O2. The molecule has 1 rings (SSSR count). The molecule has 6 nitrogen and oxygen atoms in total. The maximum absolute atomic E-state index is 10.8. The van der Waals surface area contributed by atoms with Crippen LogP contribution < -0.4 is 11.1 Å². The fourth-order valence-electron chi connectivity index (χ4n) is 1.29. The summed E-state index contributed by atoms with van der Waals surface area (Å²) in [6.07, 6.45) is 0. The second-order valence-electron chi connectivity index (χ2n) is 3.90. The summed E-state index contributed by atoms with van der Waals surface area (Å²) in [7, 11) is 0. The lowest BCUT2D eigenvalue weighted by Crippen LogP contribution is -2.32. The summed E-state index contributed by atoms with van der Waals surface area (Å²) in [6, 6.07) is 6.46. The first-order valence-corrected chi connectivity index (χ1v) is 5.41. The number of guanidine groups is 1. The Morgan fingerprint density at radius 1 is 1.56 bits per heavy atom. The van der Waals surface area contributed by atoms with Crippen molar-refractivity contribution in [3.8, 4) is 0 Å². The second kappa shape index (κ2) is 6.39. The van der Waals surface area contributed by atoms with Gasteiger partial charge in [0.2, 0.25) is 0 Å². The molecule has 1 aromatic rings. The predicted molar refractivity (Wildman–Crippen MR) is 71.2 cm³/mol. The van der Waals surface area contributed by atoms with E-state index in [2.05, 4.69) is 16.9 Å². The van der Waals surface area contributed by atoms with Gasteiger partial charge in [-0.3, -0.25) is 10.1 Å². The number of nitro groups is 1. The highest BCUT2D eigenvalue weighted by Gasteiger charge is 2.11. The van der Waals surface area contributed by atoms with Crippen LogP contribution in [-0.4, -0.2) is 17.4 Å². The molecule has 0 saturated heterocycles. The molecular weight excluding hydrogens is 232 g/mol. The normalized spacial score (nSPS) is 11.1. The molecule has 0 fully saturated rings. The number of nitrogens with zero attached hydrogens (tertiary/aromatic N) is 2. The van der Waals surface area contributed by atoms with Crippen LogP contribution in [0.3, 0.4) is 0 Å². The highest BCUT2D eigenvalue weighted by atomic mass is 16.6. The summed E-state index contributed by atoms with van der Waals surface area (Å²) in [5.41, 5.74) is 7.13. The average Bonchev–Trinajstić information content (AvgIpc) is 2.34. The maximum Gasteiger partial charge on any atom is 0.274 e. The van der Waals surface area contributed by atoms with Crippen molar-refractivity contribution in [1.82, 2.24) is 5.32 Å². The van der Waals surface area contributed by atoms with Crippen LogP contribution in [0.15, 0.2) is 41.4 Å². The molecule has 0 heterocycles. The molecule has 6 heteroatoms. The molecule has 0 radical (unpaired) electrons. The van der Waals surface area contributed by atoms with Gasteiger partial charge in [0.15, 0.2) is 5.96 Å². The molecule has 0 saturated carbocycles. The molecule has 0 aliphatic carbocycles. The van der Waals surface area contributed by atoms with E-state index in [9.17, 15) is 10.1 Å². The standard InChI is InChI=1S/C12H16N4O2/c1-9(2)7-14-12(13)15-8-10-5-3-4-6-11(10)16(17)18/h3-6H,1,7-8H2,2H3,(H3,13,14,15). The molecule has 0 bridgehead atoms. The molecule has 18 heavy (non-hydrogen) atoms. The van der Waals surface area contributed by atoms with Crippen molar-refractivity contribution in [2.45, 2.75) is 13.5 Å². The van der Waals surface area contributed by atoms with Crippen molar-refractivity contribution < 1.29 is 4.92 Å². The van der Waals surface area contributed by atoms with Crippen molar-refractivity contribution in [2.24, 2.45) is 10.7 Å². The fourth-order valence-corrected chi connectivity index (χ4v) is 1.29. The van der Waals surface area contributed by atoms with E-state index >= 15 is 0 Å². The summed E-state index contributed by atoms with van der Waals surface area (Å²) in [6.45, 7) is 6.29. The summed E-state index contributed by atoms with van der Waals surface area (Å²) < 4.78 is 0. The third-order valence-electron chi connectivity index (χ3n) is 2.18. The van der Waals surface area contributed by atoms with Gasteiger partial charge in [-0.05, 0) is 6.92 Å². The highest BCUT2D eigenvalue weighted by molar-refractivity contribution is 5.78. The average molecular weight is 248 g/mol. The highest BCUT2D eigenvalue weighted by Crippen LogP contribution is 2.18. The van der Waals surface area contributed by atoms with E-state index in [4.69, 9.17) is 5.73 Å². The molecule has 1 aromatic carbocycles. The SMILES string of the molecule is C=C(C)CNC(N)=NCc1ccccc1[N+](=O)[O-]. The molecule has 0 aliphatic heterocycles. The van der Waals surface area contributed by atoms with E-state index in [0.29, 0.717) is 12.1 Å². The van der Waals surface area contributed by atoms with Crippen LogP contribution in [-0.2, 0) is 6.54 Å². The Morgan fingerprint density at radius 2 is 2.22 bits per heavy atom. The maximum atomic E-state index is 10.8. The smallest absolute Gasteiger partial charge is 0.274 e. The van der Waals surface area contributed by atoms with Crippen LogP contribution >= 0.6 is 0 Å². The molecule has 0 aromatic heterocycles. The molecule has 0 atom stereocenters. The fraction of sp³-hybridized carbons (Fsp3) is 0.250. The van der Waals surface area contributed by atoms with Gasteiger partial charge in [0.05, 0.1) is 17.0 Å². The van der Waals surface area contributed by atoms with Crippen molar-refractivity contribution in [3.63, 3.8) is 0 Å². The van der Waals surface area contributed by atoms with Crippen molar-refractivity contribution >= 4 is 11.6 Å². The van der Waals surface area contributed by atoms with Crippen LogP contribution in [0.1, 0.15) is 12.5 Å². The number of nitrogens with two attached hydrogens (primary N) is 1. The van der Waals surface area contributed by atoms with Gasteiger partial charge in [-0.15, -0.1) is 0 Å². The minimum atomic E-state index is -0.428. The van der Waals surface area contributed by atoms with Crippen LogP contribution in [0.25, 0.3) is 0 Å². The number of para-hydroxylation sites is 1. The Bertz CT molecular complexity index is 483. The summed E-state index contributed by atoms with van der Waals surface area (Å²) >= 11 is 0. The third-order valence-corrected chi connectivity index (χ3v) is 2.18. The van der Waals surface area contributed by atoms with E-state index in [-0.39, 0.29) is 18.2 Å². The first kappa shape index (κ1) is 13.7. The first-order chi connectivity index (χ1) is 8.50. The lowest BCUT2D eigenvalue weighted by Gasteiger charge is -2.05. The predicted octanol–water partition coefficient (Wildman–Crippen LogP) is 1.58. The van der Waals surface area contributed by atoms with Gasteiger partial charge in [-0.25, -0.2) is 4.99 Å². The largest absolute Gasteiger partial charge is 0.370 e. The molecule has 0 spiro atoms. The summed E-state index contributed by atoms with van der Waals surface area (Å²) in [5, 5.41) is 13.6. The van der Waals surface area contributed by atoms with Crippen molar-refractivity contribution in [1.29, 1.82) is 0 Å².